The van der Waals surface area contributed by atoms with Crippen molar-refractivity contribution >= 4 is 5.91 Å². The van der Waals surface area contributed by atoms with E-state index in [-0.39, 0.29) is 12.5 Å². The van der Waals surface area contributed by atoms with Crippen molar-refractivity contribution in [1.82, 2.24) is 19.4 Å². The summed E-state index contributed by atoms with van der Waals surface area (Å²) >= 11 is 0. The Hall–Kier alpha value is -2.23. The number of morpholine rings is 1. The lowest BCUT2D eigenvalue weighted by atomic mass is 9.88. The van der Waals surface area contributed by atoms with Gasteiger partial charge in [-0.3, -0.25) is 24.0 Å². The molecule has 3 rings (SSSR count). The molecule has 0 aromatic carbocycles. The minimum Gasteiger partial charge on any atom is -0.388 e. The Morgan fingerprint density at radius 2 is 2.07 bits per heavy atom. The number of nitrogens with one attached hydrogen (secondary N) is 1. The fraction of sp³-hybridized carbons (Fsp3) is 0.632. The number of nitrogens with zero attached hydrogens (tertiary/aromatic N) is 3. The molecule has 0 radical (unpaired) electrons. The Bertz CT molecular complexity index is 851. The zero-order chi connectivity index (χ0) is 20.3. The quantitative estimate of drug-likeness (QED) is 0.654. The van der Waals surface area contributed by atoms with Gasteiger partial charge in [-0.1, -0.05) is 6.08 Å². The summed E-state index contributed by atoms with van der Waals surface area (Å²) in [6, 6.07) is -0.638. The van der Waals surface area contributed by atoms with Gasteiger partial charge in [-0.15, -0.1) is 0 Å². The van der Waals surface area contributed by atoms with E-state index >= 15 is 0 Å². The number of rotatable bonds is 4. The van der Waals surface area contributed by atoms with E-state index in [1.165, 1.54) is 10.8 Å². The van der Waals surface area contributed by atoms with E-state index in [0.29, 0.717) is 38.3 Å². The molecule has 2 atom stereocenters. The molecule has 0 saturated carbocycles. The first-order valence-corrected chi connectivity index (χ1v) is 9.58. The van der Waals surface area contributed by atoms with E-state index in [9.17, 15) is 19.5 Å². The van der Waals surface area contributed by atoms with Gasteiger partial charge in [0, 0.05) is 50.6 Å². The second kappa shape index (κ2) is 8.42. The van der Waals surface area contributed by atoms with Gasteiger partial charge in [0.15, 0.2) is 0 Å². The number of aryl methyl sites for hydroxylation is 1. The van der Waals surface area contributed by atoms with Gasteiger partial charge >= 0.3 is 5.69 Å². The number of likely N-dealkylation sites (tertiary alicyclic amines) is 1. The van der Waals surface area contributed by atoms with Crippen LogP contribution in [0.15, 0.2) is 27.9 Å². The van der Waals surface area contributed by atoms with E-state index in [0.717, 1.165) is 13.1 Å². The van der Waals surface area contributed by atoms with E-state index in [1.807, 2.05) is 6.08 Å². The first kappa shape index (κ1) is 20.5. The minimum absolute atomic E-state index is 0.150. The number of aromatic nitrogens is 2. The average molecular weight is 392 g/mol. The maximum absolute atomic E-state index is 12.6. The van der Waals surface area contributed by atoms with Crippen molar-refractivity contribution in [3.63, 3.8) is 0 Å². The highest BCUT2D eigenvalue weighted by Gasteiger charge is 2.40. The Balaban J connectivity index is 1.71. The summed E-state index contributed by atoms with van der Waals surface area (Å²) < 4.78 is 6.63. The summed E-state index contributed by atoms with van der Waals surface area (Å²) in [7, 11) is 0. The Kier molecular flexibility index (Phi) is 6.17. The topological polar surface area (TPSA) is 108 Å². The molecule has 9 heteroatoms. The summed E-state index contributed by atoms with van der Waals surface area (Å²) in [6.07, 6.45) is 5.17. The van der Waals surface area contributed by atoms with Crippen LogP contribution in [-0.4, -0.2) is 81.9 Å². The molecular formula is C19H28N4O5. The van der Waals surface area contributed by atoms with Gasteiger partial charge < -0.3 is 14.7 Å². The van der Waals surface area contributed by atoms with Crippen molar-refractivity contribution in [2.75, 3.05) is 45.9 Å². The number of amides is 1. The van der Waals surface area contributed by atoms with E-state index < -0.39 is 22.9 Å². The lowest BCUT2D eigenvalue weighted by Gasteiger charge is -2.43. The smallest absolute Gasteiger partial charge is 0.328 e. The molecule has 2 N–H and O–H groups in total. The first-order valence-electron chi connectivity index (χ1n) is 9.58. The third-order valence-electron chi connectivity index (χ3n) is 5.52. The summed E-state index contributed by atoms with van der Waals surface area (Å²) in [5, 5.41) is 10.8. The van der Waals surface area contributed by atoms with Gasteiger partial charge in [0.05, 0.1) is 24.9 Å². The lowest BCUT2D eigenvalue weighted by molar-refractivity contribution is -0.133. The molecule has 0 bridgehead atoms. The largest absolute Gasteiger partial charge is 0.388 e. The van der Waals surface area contributed by atoms with Crippen LogP contribution in [0.1, 0.15) is 24.9 Å². The summed E-state index contributed by atoms with van der Waals surface area (Å²) in [5.74, 6) is -0.150. The molecule has 2 aliphatic heterocycles. The fourth-order valence-electron chi connectivity index (χ4n) is 3.62. The SMILES string of the molecule is Cc1cn([C@@H]2CN(C(=O)C=CCN3CCOCC3)CC[C@@]2(C)O)c(=O)[nH]c1=O. The van der Waals surface area contributed by atoms with Gasteiger partial charge in [-0.05, 0) is 20.3 Å². The molecule has 0 unspecified atom stereocenters. The van der Waals surface area contributed by atoms with Crippen molar-refractivity contribution in [1.29, 1.82) is 0 Å². The van der Waals surface area contributed by atoms with Crippen LogP contribution in [0.25, 0.3) is 0 Å². The molecule has 2 fully saturated rings. The highest BCUT2D eigenvalue weighted by Crippen LogP contribution is 2.30. The fourth-order valence-corrected chi connectivity index (χ4v) is 3.62. The normalized spacial score (nSPS) is 26.7. The molecule has 1 aromatic rings. The van der Waals surface area contributed by atoms with Gasteiger partial charge in [0.1, 0.15) is 0 Å². The van der Waals surface area contributed by atoms with Gasteiger partial charge in [-0.25, -0.2) is 4.79 Å². The first-order chi connectivity index (χ1) is 13.3. The molecular weight excluding hydrogens is 364 g/mol. The van der Waals surface area contributed by atoms with Gasteiger partial charge in [-0.2, -0.15) is 0 Å². The number of ether oxygens (including phenoxy) is 1. The number of H-pyrrole nitrogens is 1. The maximum atomic E-state index is 12.6. The molecule has 1 aromatic heterocycles. The second-order valence-corrected chi connectivity index (χ2v) is 7.70. The van der Waals surface area contributed by atoms with E-state index in [4.69, 9.17) is 4.74 Å². The van der Waals surface area contributed by atoms with Crippen LogP contribution < -0.4 is 11.2 Å². The number of hydrogen-bond donors (Lipinski definition) is 2. The van der Waals surface area contributed by atoms with Crippen molar-refractivity contribution in [3.8, 4) is 0 Å². The predicted octanol–water partition coefficient (Wildman–Crippen LogP) is -0.742. The molecule has 1 amide bonds. The molecule has 154 valence electrons. The number of hydrogen-bond acceptors (Lipinski definition) is 6. The monoisotopic (exact) mass is 392 g/mol. The highest BCUT2D eigenvalue weighted by molar-refractivity contribution is 5.87. The Morgan fingerprint density at radius 1 is 1.36 bits per heavy atom. The molecule has 2 saturated heterocycles. The third kappa shape index (κ3) is 4.60. The predicted molar refractivity (Wildman–Crippen MR) is 103 cm³/mol. The molecule has 2 aliphatic rings. The third-order valence-corrected chi connectivity index (χ3v) is 5.52. The molecule has 0 aliphatic carbocycles. The van der Waals surface area contributed by atoms with Crippen LogP contribution in [0.5, 0.6) is 0 Å². The van der Waals surface area contributed by atoms with Gasteiger partial charge in [0.25, 0.3) is 5.56 Å². The minimum atomic E-state index is -1.16. The molecule has 28 heavy (non-hydrogen) atoms. The van der Waals surface area contributed by atoms with E-state index in [2.05, 4.69) is 9.88 Å². The Morgan fingerprint density at radius 3 is 2.79 bits per heavy atom. The van der Waals surface area contributed by atoms with Crippen LogP contribution in [0.3, 0.4) is 0 Å². The summed E-state index contributed by atoms with van der Waals surface area (Å²) in [6.45, 7) is 7.65. The molecule has 3 heterocycles. The lowest BCUT2D eigenvalue weighted by Crippen LogP contribution is -2.54. The highest BCUT2D eigenvalue weighted by atomic mass is 16.5. The van der Waals surface area contributed by atoms with Crippen LogP contribution in [0, 0.1) is 6.92 Å². The number of carbonyl (C=O) groups excluding carboxylic acids is 1. The van der Waals surface area contributed by atoms with Crippen LogP contribution in [0.2, 0.25) is 0 Å². The van der Waals surface area contributed by atoms with Crippen molar-refractivity contribution in [2.45, 2.75) is 31.9 Å². The maximum Gasteiger partial charge on any atom is 0.328 e. The number of aliphatic hydroxyl groups is 1. The van der Waals surface area contributed by atoms with Gasteiger partial charge in [0.2, 0.25) is 5.91 Å². The zero-order valence-electron chi connectivity index (χ0n) is 16.4. The number of carbonyl (C=O) groups is 1. The van der Waals surface area contributed by atoms with E-state index in [1.54, 1.807) is 24.8 Å². The second-order valence-electron chi connectivity index (χ2n) is 7.70. The average Bonchev–Trinajstić information content (AvgIpc) is 2.65. The van der Waals surface area contributed by atoms with Crippen LogP contribution in [0.4, 0.5) is 0 Å². The molecule has 9 nitrogen and oxygen atoms in total. The number of piperidine rings is 1. The Labute approximate surface area is 163 Å². The van der Waals surface area contributed by atoms with Crippen LogP contribution in [-0.2, 0) is 9.53 Å². The van der Waals surface area contributed by atoms with Crippen molar-refractivity contribution < 1.29 is 14.6 Å². The van der Waals surface area contributed by atoms with Crippen molar-refractivity contribution in [3.05, 3.63) is 44.8 Å². The van der Waals surface area contributed by atoms with Crippen LogP contribution >= 0.6 is 0 Å². The van der Waals surface area contributed by atoms with Crippen molar-refractivity contribution in [2.24, 2.45) is 0 Å². The standard InChI is InChI=1S/C19H28N4O5/c1-14-12-23(18(26)20-17(14)25)15-13-22(7-5-19(15,2)27)16(24)4-3-6-21-8-10-28-11-9-21/h3-4,12,15,27H,5-11,13H2,1-2H3,(H,20,25,26)/t15-,19-/m1/s1. The summed E-state index contributed by atoms with van der Waals surface area (Å²) in [5.41, 5.74) is -1.82. The summed E-state index contributed by atoms with van der Waals surface area (Å²) in [4.78, 5) is 42.6. The molecule has 0 spiro atoms. The zero-order valence-corrected chi connectivity index (χ0v) is 16.4. The number of aromatic amines is 1.